The average molecular weight is 326 g/mol. The first-order valence-corrected chi connectivity index (χ1v) is 7.79. The molecule has 0 aliphatic rings. The Bertz CT molecular complexity index is 654. The number of rotatable bonds is 8. The molecule has 0 saturated heterocycles. The maximum Gasteiger partial charge on any atom is 0.267 e. The Hall–Kier alpha value is -2.47. The predicted octanol–water partition coefficient (Wildman–Crippen LogP) is 2.20. The molecule has 2 aromatic rings. The van der Waals surface area contributed by atoms with Crippen LogP contribution < -0.4 is 5.48 Å². The van der Waals surface area contributed by atoms with Gasteiger partial charge in [0.05, 0.1) is 6.61 Å². The number of benzene rings is 2. The molecule has 0 bridgehead atoms. The molecule has 0 radical (unpaired) electrons. The second-order valence-corrected chi connectivity index (χ2v) is 5.47. The predicted molar refractivity (Wildman–Crippen MR) is 93.0 cm³/mol. The normalized spacial score (nSPS) is 11.1. The molecule has 0 aromatic heterocycles. The molecule has 0 spiro atoms. The maximum atomic E-state index is 11.0. The zero-order valence-electron chi connectivity index (χ0n) is 13.4. The Balaban J connectivity index is 1.99. The Morgan fingerprint density at radius 3 is 2.21 bits per heavy atom. The molecule has 0 unspecified atom stereocenters. The number of aliphatic hydroxyl groups is 1. The van der Waals surface area contributed by atoms with E-state index in [0.717, 1.165) is 24.2 Å². The SMILES string of the molecule is O=C(/C=C/c1ccc(CN(CCO)Cc2ccccc2)cc1)NO. The molecule has 5 nitrogen and oxygen atoms in total. The molecule has 2 rings (SSSR count). The van der Waals surface area contributed by atoms with Gasteiger partial charge >= 0.3 is 0 Å². The average Bonchev–Trinajstić information content (AvgIpc) is 2.62. The molecule has 0 fully saturated rings. The highest BCUT2D eigenvalue weighted by atomic mass is 16.5. The number of hydrogen-bond acceptors (Lipinski definition) is 4. The van der Waals surface area contributed by atoms with Crippen LogP contribution in [0.2, 0.25) is 0 Å². The first-order chi connectivity index (χ1) is 11.7. The van der Waals surface area contributed by atoms with Gasteiger partial charge in [0.2, 0.25) is 0 Å². The van der Waals surface area contributed by atoms with Crippen molar-refractivity contribution in [1.29, 1.82) is 0 Å². The van der Waals surface area contributed by atoms with E-state index in [9.17, 15) is 9.90 Å². The van der Waals surface area contributed by atoms with E-state index >= 15 is 0 Å². The Morgan fingerprint density at radius 1 is 1.00 bits per heavy atom. The summed E-state index contributed by atoms with van der Waals surface area (Å²) >= 11 is 0. The van der Waals surface area contributed by atoms with E-state index in [1.165, 1.54) is 11.6 Å². The van der Waals surface area contributed by atoms with Crippen LogP contribution in [-0.4, -0.2) is 34.3 Å². The smallest absolute Gasteiger partial charge is 0.267 e. The van der Waals surface area contributed by atoms with Gasteiger partial charge in [-0.3, -0.25) is 14.9 Å². The molecule has 0 saturated carbocycles. The molecule has 0 aliphatic heterocycles. The summed E-state index contributed by atoms with van der Waals surface area (Å²) in [6, 6.07) is 18.0. The van der Waals surface area contributed by atoms with Crippen LogP contribution >= 0.6 is 0 Å². The minimum absolute atomic E-state index is 0.115. The van der Waals surface area contributed by atoms with Crippen molar-refractivity contribution in [3.63, 3.8) is 0 Å². The van der Waals surface area contributed by atoms with Gasteiger partial charge in [0.25, 0.3) is 5.91 Å². The minimum Gasteiger partial charge on any atom is -0.395 e. The van der Waals surface area contributed by atoms with Gasteiger partial charge < -0.3 is 5.11 Å². The lowest BCUT2D eigenvalue weighted by Gasteiger charge is -2.21. The topological polar surface area (TPSA) is 72.8 Å². The maximum absolute atomic E-state index is 11.0. The number of nitrogens with one attached hydrogen (secondary N) is 1. The Kier molecular flexibility index (Phi) is 7.17. The van der Waals surface area contributed by atoms with Gasteiger partial charge in [0.1, 0.15) is 0 Å². The molecule has 24 heavy (non-hydrogen) atoms. The van der Waals surface area contributed by atoms with E-state index in [1.54, 1.807) is 11.6 Å². The van der Waals surface area contributed by atoms with Crippen molar-refractivity contribution in [3.05, 3.63) is 77.4 Å². The van der Waals surface area contributed by atoms with Crippen molar-refractivity contribution in [1.82, 2.24) is 10.4 Å². The van der Waals surface area contributed by atoms with Gasteiger partial charge in [-0.25, -0.2) is 5.48 Å². The first kappa shape index (κ1) is 17.9. The van der Waals surface area contributed by atoms with Crippen LogP contribution in [0, 0.1) is 0 Å². The molecular formula is C19H22N2O3. The lowest BCUT2D eigenvalue weighted by atomic mass is 10.1. The van der Waals surface area contributed by atoms with Crippen LogP contribution in [0.1, 0.15) is 16.7 Å². The van der Waals surface area contributed by atoms with Crippen molar-refractivity contribution < 1.29 is 15.1 Å². The lowest BCUT2D eigenvalue weighted by molar-refractivity contribution is -0.124. The van der Waals surface area contributed by atoms with Crippen LogP contribution in [-0.2, 0) is 17.9 Å². The molecule has 126 valence electrons. The molecule has 2 aromatic carbocycles. The largest absolute Gasteiger partial charge is 0.395 e. The highest BCUT2D eigenvalue weighted by Gasteiger charge is 2.06. The van der Waals surface area contributed by atoms with Gasteiger partial charge in [-0.05, 0) is 22.8 Å². The van der Waals surface area contributed by atoms with Gasteiger partial charge in [0.15, 0.2) is 0 Å². The number of hydroxylamine groups is 1. The molecule has 3 N–H and O–H groups in total. The zero-order chi connectivity index (χ0) is 17.2. The molecule has 0 heterocycles. The number of nitrogens with zero attached hydrogens (tertiary/aromatic N) is 1. The molecule has 0 aliphatic carbocycles. The number of carbonyl (C=O) groups is 1. The van der Waals surface area contributed by atoms with Crippen molar-refractivity contribution in [2.24, 2.45) is 0 Å². The Labute approximate surface area is 141 Å². The van der Waals surface area contributed by atoms with E-state index in [-0.39, 0.29) is 6.61 Å². The molecule has 5 heteroatoms. The fraction of sp³-hybridized carbons (Fsp3) is 0.211. The molecule has 1 amide bonds. The summed E-state index contributed by atoms with van der Waals surface area (Å²) in [5.41, 5.74) is 4.76. The highest BCUT2D eigenvalue weighted by molar-refractivity contribution is 5.90. The third-order valence-corrected chi connectivity index (χ3v) is 3.59. The van der Waals surface area contributed by atoms with Crippen molar-refractivity contribution >= 4 is 12.0 Å². The Morgan fingerprint density at radius 2 is 1.62 bits per heavy atom. The van der Waals surface area contributed by atoms with Crippen molar-refractivity contribution in [2.75, 3.05) is 13.2 Å². The molecule has 0 atom stereocenters. The van der Waals surface area contributed by atoms with Crippen LogP contribution in [0.3, 0.4) is 0 Å². The van der Waals surface area contributed by atoms with Gasteiger partial charge in [-0.15, -0.1) is 0 Å². The third kappa shape index (κ3) is 5.96. The summed E-state index contributed by atoms with van der Waals surface area (Å²) in [5, 5.41) is 17.7. The van der Waals surface area contributed by atoms with E-state index in [1.807, 2.05) is 42.5 Å². The first-order valence-electron chi connectivity index (χ1n) is 7.79. The second kappa shape index (κ2) is 9.62. The van der Waals surface area contributed by atoms with Gasteiger partial charge in [-0.2, -0.15) is 0 Å². The third-order valence-electron chi connectivity index (χ3n) is 3.59. The number of hydrogen-bond donors (Lipinski definition) is 3. The van der Waals surface area contributed by atoms with Crippen LogP contribution in [0.25, 0.3) is 6.08 Å². The van der Waals surface area contributed by atoms with E-state index in [4.69, 9.17) is 5.21 Å². The van der Waals surface area contributed by atoms with Gasteiger partial charge in [-0.1, -0.05) is 54.6 Å². The zero-order valence-corrected chi connectivity index (χ0v) is 13.4. The minimum atomic E-state index is -0.559. The van der Waals surface area contributed by atoms with Crippen molar-refractivity contribution in [2.45, 2.75) is 13.1 Å². The van der Waals surface area contributed by atoms with E-state index in [2.05, 4.69) is 17.0 Å². The summed E-state index contributed by atoms with van der Waals surface area (Å²) < 4.78 is 0. The standard InChI is InChI=1S/C19H22N2O3/c22-13-12-21(14-17-4-2-1-3-5-17)15-18-8-6-16(7-9-18)10-11-19(23)20-24/h1-11,22,24H,12-15H2,(H,20,23)/b11-10+. The summed E-state index contributed by atoms with van der Waals surface area (Å²) in [5.74, 6) is -0.559. The number of carbonyl (C=O) groups excluding carboxylic acids is 1. The number of amides is 1. The monoisotopic (exact) mass is 326 g/mol. The summed E-state index contributed by atoms with van der Waals surface area (Å²) in [4.78, 5) is 13.1. The fourth-order valence-electron chi connectivity index (χ4n) is 2.40. The molecular weight excluding hydrogens is 304 g/mol. The summed E-state index contributed by atoms with van der Waals surface area (Å²) in [6.45, 7) is 2.23. The van der Waals surface area contributed by atoms with E-state index < -0.39 is 5.91 Å². The van der Waals surface area contributed by atoms with Crippen LogP contribution in [0.5, 0.6) is 0 Å². The fourth-order valence-corrected chi connectivity index (χ4v) is 2.40. The van der Waals surface area contributed by atoms with Gasteiger partial charge in [0, 0.05) is 25.7 Å². The summed E-state index contributed by atoms with van der Waals surface area (Å²) in [6.07, 6.45) is 2.90. The lowest BCUT2D eigenvalue weighted by Crippen LogP contribution is -2.26. The number of aliphatic hydroxyl groups excluding tert-OH is 1. The quantitative estimate of drug-likeness (QED) is 0.395. The second-order valence-electron chi connectivity index (χ2n) is 5.47. The highest BCUT2D eigenvalue weighted by Crippen LogP contribution is 2.12. The van der Waals surface area contributed by atoms with E-state index in [0.29, 0.717) is 6.54 Å². The van der Waals surface area contributed by atoms with Crippen LogP contribution in [0.4, 0.5) is 0 Å². The van der Waals surface area contributed by atoms with Crippen LogP contribution in [0.15, 0.2) is 60.7 Å². The summed E-state index contributed by atoms with van der Waals surface area (Å²) in [7, 11) is 0. The van der Waals surface area contributed by atoms with Crippen molar-refractivity contribution in [3.8, 4) is 0 Å².